The molecule has 86 valence electrons. The van der Waals surface area contributed by atoms with Crippen molar-refractivity contribution in [1.82, 2.24) is 0 Å². The monoisotopic (exact) mass is 360 g/mol. The van der Waals surface area contributed by atoms with Gasteiger partial charge in [0.2, 0.25) is 0 Å². The highest BCUT2D eigenvalue weighted by Crippen LogP contribution is 2.49. The Balaban J connectivity index is 1.94. The Bertz CT molecular complexity index is 638. The quantitative estimate of drug-likeness (QED) is 0.701. The first-order valence-electron chi connectivity index (χ1n) is 4.67. The summed E-state index contributed by atoms with van der Waals surface area (Å²) in [5.41, 5.74) is 1.20. The normalized spacial score (nSPS) is 14.3. The van der Waals surface area contributed by atoms with Gasteiger partial charge in [-0.05, 0) is 23.1 Å². The van der Waals surface area contributed by atoms with Gasteiger partial charge in [0.25, 0.3) is 4.06 Å². The van der Waals surface area contributed by atoms with Gasteiger partial charge in [-0.1, -0.05) is 74.3 Å². The van der Waals surface area contributed by atoms with Gasteiger partial charge in [-0.15, -0.1) is 0 Å². The molecular formula is C11H5BrOS4. The molecule has 2 aromatic rings. The molecule has 17 heavy (non-hydrogen) atoms. The minimum atomic E-state index is 0.181. The molecule has 3 rings (SSSR count). The van der Waals surface area contributed by atoms with Crippen LogP contribution in [0.4, 0.5) is 0 Å². The average molecular weight is 361 g/mol. The second-order valence-corrected chi connectivity index (χ2v) is 8.83. The molecule has 0 amide bonds. The van der Waals surface area contributed by atoms with E-state index in [-0.39, 0.29) is 4.06 Å². The molecule has 0 aliphatic carbocycles. The number of hydrogen-bond donors (Lipinski definition) is 0. The Hall–Kier alpha value is -0.0100. The molecule has 1 nitrogen and oxygen atoms in total. The van der Waals surface area contributed by atoms with Crippen molar-refractivity contribution in [2.45, 2.75) is 8.42 Å². The first kappa shape index (κ1) is 12.0. The Kier molecular flexibility index (Phi) is 3.49. The second-order valence-electron chi connectivity index (χ2n) is 3.24. The number of fused-ring (bicyclic) bond motifs is 1. The Morgan fingerprint density at radius 3 is 2.47 bits per heavy atom. The first-order valence-corrected chi connectivity index (χ1v) is 8.79. The zero-order valence-electron chi connectivity index (χ0n) is 8.31. The van der Waals surface area contributed by atoms with Gasteiger partial charge in [0.05, 0.1) is 8.42 Å². The van der Waals surface area contributed by atoms with E-state index in [0.717, 1.165) is 12.9 Å². The molecule has 1 aromatic carbocycles. The van der Waals surface area contributed by atoms with Crippen molar-refractivity contribution in [2.75, 3.05) is 0 Å². The van der Waals surface area contributed by atoms with Gasteiger partial charge < -0.3 is 0 Å². The highest BCUT2D eigenvalue weighted by Gasteiger charge is 2.17. The lowest BCUT2D eigenvalue weighted by atomic mass is 10.2. The maximum absolute atomic E-state index is 11.3. The molecule has 6 heteroatoms. The zero-order valence-corrected chi connectivity index (χ0v) is 13.2. The number of hydrogen-bond acceptors (Lipinski definition) is 5. The van der Waals surface area contributed by atoms with Crippen molar-refractivity contribution >= 4 is 67.0 Å². The molecule has 0 saturated heterocycles. The third kappa shape index (κ3) is 2.56. The van der Waals surface area contributed by atoms with Crippen molar-refractivity contribution in [1.29, 1.82) is 0 Å². The third-order valence-electron chi connectivity index (χ3n) is 2.12. The fourth-order valence-corrected chi connectivity index (χ4v) is 6.66. The predicted molar refractivity (Wildman–Crippen MR) is 82.3 cm³/mol. The summed E-state index contributed by atoms with van der Waals surface area (Å²) in [7, 11) is 0. The molecule has 0 bridgehead atoms. The SMILES string of the molecule is O=c1sc2c(s1)SC(c1ccc(Br)cc1)=CS2. The van der Waals surface area contributed by atoms with Crippen LogP contribution in [0.5, 0.6) is 0 Å². The van der Waals surface area contributed by atoms with Gasteiger partial charge >= 0.3 is 0 Å². The van der Waals surface area contributed by atoms with E-state index in [9.17, 15) is 4.79 Å². The highest BCUT2D eigenvalue weighted by molar-refractivity contribution is 9.10. The van der Waals surface area contributed by atoms with E-state index in [1.54, 1.807) is 23.5 Å². The summed E-state index contributed by atoms with van der Waals surface area (Å²) in [6.45, 7) is 0. The van der Waals surface area contributed by atoms with E-state index in [0.29, 0.717) is 0 Å². The van der Waals surface area contributed by atoms with Gasteiger partial charge in [-0.2, -0.15) is 0 Å². The molecule has 1 aromatic heterocycles. The van der Waals surface area contributed by atoms with E-state index in [4.69, 9.17) is 0 Å². The molecule has 0 fully saturated rings. The molecule has 0 unspecified atom stereocenters. The van der Waals surface area contributed by atoms with Gasteiger partial charge in [0, 0.05) is 9.38 Å². The van der Waals surface area contributed by atoms with Crippen LogP contribution in [0, 0.1) is 0 Å². The lowest BCUT2D eigenvalue weighted by Gasteiger charge is -2.11. The third-order valence-corrected chi connectivity index (χ3v) is 7.70. The fraction of sp³-hybridized carbons (Fsp3) is 0. The Morgan fingerprint density at radius 2 is 1.71 bits per heavy atom. The minimum absolute atomic E-state index is 0.181. The molecule has 0 radical (unpaired) electrons. The highest BCUT2D eigenvalue weighted by atomic mass is 79.9. The van der Waals surface area contributed by atoms with E-state index in [1.165, 1.54) is 33.1 Å². The van der Waals surface area contributed by atoms with Crippen molar-refractivity contribution in [3.05, 3.63) is 48.6 Å². The smallest absolute Gasteiger partial charge is 0.265 e. The first-order chi connectivity index (χ1) is 8.22. The maximum Gasteiger partial charge on any atom is 0.289 e. The second kappa shape index (κ2) is 4.93. The molecule has 0 saturated carbocycles. The summed E-state index contributed by atoms with van der Waals surface area (Å²) in [6.07, 6.45) is 0. The van der Waals surface area contributed by atoms with Crippen molar-refractivity contribution in [3.63, 3.8) is 0 Å². The van der Waals surface area contributed by atoms with Crippen LogP contribution in [0.25, 0.3) is 4.91 Å². The topological polar surface area (TPSA) is 17.1 Å². The lowest BCUT2D eigenvalue weighted by Crippen LogP contribution is -1.82. The molecule has 0 N–H and O–H groups in total. The number of thioether (sulfide) groups is 2. The molecule has 0 atom stereocenters. The van der Waals surface area contributed by atoms with E-state index in [1.807, 2.05) is 12.1 Å². The zero-order chi connectivity index (χ0) is 11.8. The van der Waals surface area contributed by atoms with Crippen molar-refractivity contribution < 1.29 is 0 Å². The number of rotatable bonds is 1. The van der Waals surface area contributed by atoms with Crippen LogP contribution in [0.15, 0.2) is 47.4 Å². The van der Waals surface area contributed by atoms with Crippen LogP contribution in [-0.2, 0) is 0 Å². The molecule has 0 spiro atoms. The van der Waals surface area contributed by atoms with Crippen LogP contribution in [0.3, 0.4) is 0 Å². The van der Waals surface area contributed by atoms with Crippen molar-refractivity contribution in [3.8, 4) is 0 Å². The molecular weight excluding hydrogens is 356 g/mol. The summed E-state index contributed by atoms with van der Waals surface area (Å²) in [5, 5.41) is 2.12. The summed E-state index contributed by atoms with van der Waals surface area (Å²) in [6, 6.07) is 8.24. The predicted octanol–water partition coefficient (Wildman–Crippen LogP) is 5.13. The van der Waals surface area contributed by atoms with Gasteiger partial charge in [0.1, 0.15) is 0 Å². The van der Waals surface area contributed by atoms with Crippen LogP contribution in [0.1, 0.15) is 5.56 Å². The number of halogens is 1. The van der Waals surface area contributed by atoms with Gasteiger partial charge in [-0.3, -0.25) is 4.79 Å². The number of benzene rings is 1. The summed E-state index contributed by atoms with van der Waals surface area (Å²) in [5.74, 6) is 0. The van der Waals surface area contributed by atoms with E-state index < -0.39 is 0 Å². The lowest BCUT2D eigenvalue weighted by molar-refractivity contribution is 1.53. The van der Waals surface area contributed by atoms with E-state index in [2.05, 4.69) is 33.5 Å². The standard InChI is InChI=1S/C11H5BrOS4/c12-7-3-1-6(2-4-7)8-5-14-9-10(15-8)17-11(13)16-9/h1-5H. The summed E-state index contributed by atoms with van der Waals surface area (Å²) >= 11 is 9.46. The van der Waals surface area contributed by atoms with Crippen LogP contribution >= 0.6 is 62.1 Å². The fourth-order valence-electron chi connectivity index (χ4n) is 1.36. The average Bonchev–Trinajstić information content (AvgIpc) is 2.69. The molecule has 1 aliphatic heterocycles. The summed E-state index contributed by atoms with van der Waals surface area (Å²) in [4.78, 5) is 12.5. The van der Waals surface area contributed by atoms with Gasteiger partial charge in [0.15, 0.2) is 0 Å². The maximum atomic E-state index is 11.3. The largest absolute Gasteiger partial charge is 0.289 e. The van der Waals surface area contributed by atoms with Crippen LogP contribution < -0.4 is 4.06 Å². The Labute approximate surface area is 123 Å². The Morgan fingerprint density at radius 1 is 1.00 bits per heavy atom. The summed E-state index contributed by atoms with van der Waals surface area (Å²) < 4.78 is 3.52. The van der Waals surface area contributed by atoms with Crippen LogP contribution in [0.2, 0.25) is 0 Å². The van der Waals surface area contributed by atoms with Crippen LogP contribution in [-0.4, -0.2) is 0 Å². The van der Waals surface area contributed by atoms with E-state index >= 15 is 0 Å². The molecule has 2 heterocycles. The minimum Gasteiger partial charge on any atom is -0.265 e. The van der Waals surface area contributed by atoms with Crippen molar-refractivity contribution in [2.24, 2.45) is 0 Å². The molecule has 1 aliphatic rings. The van der Waals surface area contributed by atoms with Gasteiger partial charge in [-0.25, -0.2) is 0 Å².